The maximum Gasteiger partial charge on any atom is 0.148 e. The molecule has 0 aliphatic rings. The van der Waals surface area contributed by atoms with Crippen molar-refractivity contribution in [3.05, 3.63) is 33.6 Å². The Kier molecular flexibility index (Phi) is 4.17. The second-order valence-electron chi connectivity index (χ2n) is 3.15. The maximum absolute atomic E-state index is 13.5. The molecule has 0 aliphatic heterocycles. The van der Waals surface area contributed by atoms with Gasteiger partial charge in [0.25, 0.3) is 0 Å². The van der Waals surface area contributed by atoms with Crippen LogP contribution in [-0.2, 0) is 0 Å². The fourth-order valence-corrected chi connectivity index (χ4v) is 1.79. The van der Waals surface area contributed by atoms with Crippen LogP contribution in [0.3, 0.4) is 0 Å². The van der Waals surface area contributed by atoms with Gasteiger partial charge in [-0.1, -0.05) is 36.5 Å². The molecule has 2 N–H and O–H groups in total. The Balaban J connectivity index is 3.11. The zero-order valence-corrected chi connectivity index (χ0v) is 9.37. The van der Waals surface area contributed by atoms with Crippen LogP contribution in [0, 0.1) is 5.82 Å². The van der Waals surface area contributed by atoms with E-state index in [2.05, 4.69) is 0 Å². The largest absolute Gasteiger partial charge is 0.324 e. The topological polar surface area (TPSA) is 26.0 Å². The number of hydrogen-bond donors (Lipinski definition) is 1. The zero-order valence-electron chi connectivity index (χ0n) is 7.86. The number of hydrogen-bond acceptors (Lipinski definition) is 1. The predicted octanol–water partition coefficient (Wildman–Crippen LogP) is 3.93. The minimum absolute atomic E-state index is 0.0657. The first kappa shape index (κ1) is 11.8. The van der Waals surface area contributed by atoms with Crippen LogP contribution in [-0.4, -0.2) is 0 Å². The summed E-state index contributed by atoms with van der Waals surface area (Å²) in [5, 5.41) is 0.406. The summed E-state index contributed by atoms with van der Waals surface area (Å²) in [5.74, 6) is -0.500. The van der Waals surface area contributed by atoms with Crippen molar-refractivity contribution in [1.82, 2.24) is 0 Å². The monoisotopic (exact) mass is 235 g/mol. The molecule has 1 aromatic rings. The first-order valence-corrected chi connectivity index (χ1v) is 5.22. The van der Waals surface area contributed by atoms with Crippen LogP contribution < -0.4 is 5.73 Å². The predicted molar refractivity (Wildman–Crippen MR) is 58.3 cm³/mol. The van der Waals surface area contributed by atoms with Crippen molar-refractivity contribution in [1.29, 1.82) is 0 Å². The third-order valence-electron chi connectivity index (χ3n) is 2.05. The molecule has 0 saturated carbocycles. The van der Waals surface area contributed by atoms with E-state index in [9.17, 15) is 4.39 Å². The van der Waals surface area contributed by atoms with Crippen LogP contribution in [0.15, 0.2) is 12.1 Å². The van der Waals surface area contributed by atoms with Crippen molar-refractivity contribution in [2.24, 2.45) is 5.73 Å². The highest BCUT2D eigenvalue weighted by atomic mass is 35.5. The molecule has 0 aromatic heterocycles. The van der Waals surface area contributed by atoms with Crippen LogP contribution in [0.4, 0.5) is 4.39 Å². The Labute approximate surface area is 93.0 Å². The summed E-state index contributed by atoms with van der Waals surface area (Å²) in [6, 6.07) is 2.62. The first-order chi connectivity index (χ1) is 6.57. The molecule has 4 heteroatoms. The highest BCUT2D eigenvalue weighted by Crippen LogP contribution is 2.31. The molecule has 14 heavy (non-hydrogen) atoms. The second-order valence-corrected chi connectivity index (χ2v) is 3.97. The van der Waals surface area contributed by atoms with E-state index >= 15 is 0 Å². The minimum Gasteiger partial charge on any atom is -0.324 e. The van der Waals surface area contributed by atoms with E-state index in [-0.39, 0.29) is 11.1 Å². The molecule has 0 saturated heterocycles. The van der Waals surface area contributed by atoms with E-state index < -0.39 is 5.82 Å². The lowest BCUT2D eigenvalue weighted by atomic mass is 10.0. The average molecular weight is 236 g/mol. The van der Waals surface area contributed by atoms with Gasteiger partial charge in [0.1, 0.15) is 5.82 Å². The van der Waals surface area contributed by atoms with E-state index in [1.165, 1.54) is 6.07 Å². The molecule has 0 amide bonds. The highest BCUT2D eigenvalue weighted by Gasteiger charge is 2.16. The summed E-state index contributed by atoms with van der Waals surface area (Å²) in [7, 11) is 0. The number of benzene rings is 1. The molecule has 0 fully saturated rings. The molecule has 1 atom stereocenters. The Morgan fingerprint density at radius 2 is 1.93 bits per heavy atom. The van der Waals surface area contributed by atoms with Gasteiger partial charge in [0.05, 0.1) is 5.02 Å². The third kappa shape index (κ3) is 2.38. The lowest BCUT2D eigenvalue weighted by Gasteiger charge is -2.14. The van der Waals surface area contributed by atoms with E-state index in [4.69, 9.17) is 28.9 Å². The quantitative estimate of drug-likeness (QED) is 0.790. The van der Waals surface area contributed by atoms with Crippen LogP contribution in [0.25, 0.3) is 0 Å². The summed E-state index contributed by atoms with van der Waals surface area (Å²) in [5.41, 5.74) is 6.11. The Bertz CT molecular complexity index is 328. The molecule has 0 aliphatic carbocycles. The highest BCUT2D eigenvalue weighted by molar-refractivity contribution is 6.33. The molecule has 78 valence electrons. The van der Waals surface area contributed by atoms with Crippen LogP contribution in [0.2, 0.25) is 10.0 Å². The van der Waals surface area contributed by atoms with Crippen LogP contribution >= 0.6 is 23.2 Å². The molecule has 1 nitrogen and oxygen atoms in total. The van der Waals surface area contributed by atoms with Gasteiger partial charge in [-0.25, -0.2) is 4.39 Å². The normalized spacial score (nSPS) is 12.9. The molecular weight excluding hydrogens is 224 g/mol. The standard InChI is InChI=1S/C10H12Cl2FN/c1-2-3-8(14)9-6(11)4-5-7(12)10(9)13/h4-5,8H,2-3,14H2,1H3/t8-/m1/s1. The average Bonchev–Trinajstić information content (AvgIpc) is 2.13. The van der Waals surface area contributed by atoms with E-state index in [0.717, 1.165) is 6.42 Å². The van der Waals surface area contributed by atoms with Gasteiger partial charge in [-0.2, -0.15) is 0 Å². The zero-order chi connectivity index (χ0) is 10.7. The number of nitrogens with two attached hydrogens (primary N) is 1. The molecular formula is C10H12Cl2FN. The summed E-state index contributed by atoms with van der Waals surface area (Å²) >= 11 is 11.5. The number of halogens is 3. The Hall–Kier alpha value is -0.310. The van der Waals surface area contributed by atoms with Crippen LogP contribution in [0.1, 0.15) is 31.4 Å². The summed E-state index contributed by atoms with van der Waals surface area (Å²) in [4.78, 5) is 0. The van der Waals surface area contributed by atoms with Crippen molar-refractivity contribution in [2.45, 2.75) is 25.8 Å². The van der Waals surface area contributed by atoms with Gasteiger partial charge in [0, 0.05) is 16.6 Å². The molecule has 0 radical (unpaired) electrons. The molecule has 1 aromatic carbocycles. The van der Waals surface area contributed by atoms with Crippen molar-refractivity contribution in [3.63, 3.8) is 0 Å². The first-order valence-electron chi connectivity index (χ1n) is 4.46. The molecule has 0 bridgehead atoms. The molecule has 0 spiro atoms. The maximum atomic E-state index is 13.5. The van der Waals surface area contributed by atoms with Gasteiger partial charge >= 0.3 is 0 Å². The third-order valence-corrected chi connectivity index (χ3v) is 2.67. The number of rotatable bonds is 3. The van der Waals surface area contributed by atoms with Gasteiger partial charge in [0.2, 0.25) is 0 Å². The Morgan fingerprint density at radius 3 is 2.50 bits per heavy atom. The lowest BCUT2D eigenvalue weighted by Crippen LogP contribution is -2.12. The van der Waals surface area contributed by atoms with Crippen molar-refractivity contribution >= 4 is 23.2 Å². The summed E-state index contributed by atoms with van der Waals surface area (Å²) in [6.45, 7) is 1.98. The summed E-state index contributed by atoms with van der Waals surface area (Å²) in [6.07, 6.45) is 1.57. The van der Waals surface area contributed by atoms with Gasteiger partial charge in [-0.15, -0.1) is 0 Å². The molecule has 0 heterocycles. The fourth-order valence-electron chi connectivity index (χ4n) is 1.34. The Morgan fingerprint density at radius 1 is 1.36 bits per heavy atom. The smallest absolute Gasteiger partial charge is 0.148 e. The second kappa shape index (κ2) is 4.96. The van der Waals surface area contributed by atoms with E-state index in [0.29, 0.717) is 17.0 Å². The van der Waals surface area contributed by atoms with Gasteiger partial charge in [0.15, 0.2) is 0 Å². The fraction of sp³-hybridized carbons (Fsp3) is 0.400. The summed E-state index contributed by atoms with van der Waals surface area (Å²) < 4.78 is 13.5. The van der Waals surface area contributed by atoms with Gasteiger partial charge in [-0.3, -0.25) is 0 Å². The van der Waals surface area contributed by atoms with Crippen molar-refractivity contribution < 1.29 is 4.39 Å². The minimum atomic E-state index is -0.500. The van der Waals surface area contributed by atoms with Gasteiger partial charge in [-0.05, 0) is 18.6 Å². The SMILES string of the molecule is CCC[C@@H](N)c1c(Cl)ccc(Cl)c1F. The van der Waals surface area contributed by atoms with Gasteiger partial charge < -0.3 is 5.73 Å². The van der Waals surface area contributed by atoms with Crippen molar-refractivity contribution in [3.8, 4) is 0 Å². The molecule has 0 unspecified atom stereocenters. The lowest BCUT2D eigenvalue weighted by molar-refractivity contribution is 0.560. The van der Waals surface area contributed by atoms with Crippen molar-refractivity contribution in [2.75, 3.05) is 0 Å². The molecule has 1 rings (SSSR count). The van der Waals surface area contributed by atoms with E-state index in [1.807, 2.05) is 6.92 Å². The van der Waals surface area contributed by atoms with E-state index in [1.54, 1.807) is 6.07 Å². The van der Waals surface area contributed by atoms with Crippen LogP contribution in [0.5, 0.6) is 0 Å².